The molecule has 1 aromatic rings. The third-order valence-corrected chi connectivity index (χ3v) is 4.18. The molecule has 0 aliphatic heterocycles. The summed E-state index contributed by atoms with van der Waals surface area (Å²) in [6.07, 6.45) is 9.34. The van der Waals surface area contributed by atoms with Crippen LogP contribution in [0.1, 0.15) is 49.5 Å². The van der Waals surface area contributed by atoms with Crippen LogP contribution < -0.4 is 11.6 Å². The van der Waals surface area contributed by atoms with E-state index in [1.165, 1.54) is 32.1 Å². The van der Waals surface area contributed by atoms with Crippen LogP contribution in [-0.2, 0) is 6.42 Å². The van der Waals surface area contributed by atoms with Gasteiger partial charge in [-0.15, -0.1) is 0 Å². The third-order valence-electron chi connectivity index (χ3n) is 3.56. The fourth-order valence-electron chi connectivity index (χ4n) is 2.54. The predicted octanol–water partition coefficient (Wildman–Crippen LogP) is 2.13. The Kier molecular flexibility index (Phi) is 4.20. The first kappa shape index (κ1) is 12.6. The van der Waals surface area contributed by atoms with E-state index in [9.17, 15) is 0 Å². The lowest BCUT2D eigenvalue weighted by Crippen LogP contribution is -2.19. The van der Waals surface area contributed by atoms with Crippen LogP contribution in [0, 0.1) is 0 Å². The lowest BCUT2D eigenvalue weighted by molar-refractivity contribution is 0.424. The van der Waals surface area contributed by atoms with Crippen molar-refractivity contribution in [3.8, 4) is 0 Å². The summed E-state index contributed by atoms with van der Waals surface area (Å²) in [6, 6.07) is 0. The van der Waals surface area contributed by atoms with Gasteiger partial charge >= 0.3 is 0 Å². The molecule has 96 valence electrons. The third kappa shape index (κ3) is 2.70. The van der Waals surface area contributed by atoms with Gasteiger partial charge in [0.25, 0.3) is 0 Å². The average Bonchev–Trinajstić information content (AvgIpc) is 2.65. The number of aromatic nitrogens is 2. The maximum atomic E-state index is 6.03. The second-order valence-corrected chi connectivity index (χ2v) is 5.74. The van der Waals surface area contributed by atoms with Gasteiger partial charge in [0.1, 0.15) is 11.6 Å². The Balaban J connectivity index is 2.16. The molecule has 1 aliphatic carbocycles. The summed E-state index contributed by atoms with van der Waals surface area (Å²) in [7, 11) is 0. The molecule has 1 saturated carbocycles. The summed E-state index contributed by atoms with van der Waals surface area (Å²) < 4.78 is 1.62. The largest absolute Gasteiger partial charge is 0.382 e. The van der Waals surface area contributed by atoms with Crippen molar-refractivity contribution < 1.29 is 0 Å². The highest BCUT2D eigenvalue weighted by Gasteiger charge is 2.22. The van der Waals surface area contributed by atoms with E-state index in [2.05, 4.69) is 11.2 Å². The van der Waals surface area contributed by atoms with E-state index in [0.717, 1.165) is 23.7 Å². The van der Waals surface area contributed by atoms with Crippen molar-refractivity contribution in [1.29, 1.82) is 0 Å². The van der Waals surface area contributed by atoms with Gasteiger partial charge in [0.05, 0.1) is 5.69 Å². The number of imidazole rings is 1. The van der Waals surface area contributed by atoms with Crippen LogP contribution in [0.4, 0.5) is 5.82 Å². The summed E-state index contributed by atoms with van der Waals surface area (Å²) in [6.45, 7) is 0. The predicted molar refractivity (Wildman–Crippen MR) is 74.7 cm³/mol. The monoisotopic (exact) mass is 254 g/mol. The Morgan fingerprint density at radius 2 is 2.06 bits per heavy atom. The smallest absolute Gasteiger partial charge is 0.146 e. The number of nitrogens with zero attached hydrogens (tertiary/aromatic N) is 2. The molecule has 0 unspecified atom stereocenters. The van der Waals surface area contributed by atoms with Gasteiger partial charge in [-0.25, -0.2) is 9.66 Å². The van der Waals surface area contributed by atoms with Crippen molar-refractivity contribution in [2.24, 2.45) is 0 Å². The van der Waals surface area contributed by atoms with Crippen LogP contribution in [0.25, 0.3) is 0 Å². The molecule has 4 nitrogen and oxygen atoms in total. The van der Waals surface area contributed by atoms with Crippen molar-refractivity contribution in [3.63, 3.8) is 0 Å². The molecule has 1 fully saturated rings. The van der Waals surface area contributed by atoms with Crippen molar-refractivity contribution in [2.75, 3.05) is 23.6 Å². The second kappa shape index (κ2) is 5.67. The van der Waals surface area contributed by atoms with E-state index < -0.39 is 0 Å². The Labute approximate surface area is 107 Å². The van der Waals surface area contributed by atoms with Gasteiger partial charge < -0.3 is 11.6 Å². The minimum Gasteiger partial charge on any atom is -0.382 e. The maximum absolute atomic E-state index is 6.03. The Hall–Kier alpha value is -0.840. The zero-order chi connectivity index (χ0) is 12.3. The second-order valence-electron chi connectivity index (χ2n) is 4.75. The molecule has 17 heavy (non-hydrogen) atoms. The molecular weight excluding hydrogens is 232 g/mol. The molecule has 0 bridgehead atoms. The number of nitrogen functional groups attached to an aromatic ring is 2. The lowest BCUT2D eigenvalue weighted by Gasteiger charge is -2.20. The summed E-state index contributed by atoms with van der Waals surface area (Å²) >= 11 is 1.81. The number of thioether (sulfide) groups is 1. The normalized spacial score (nSPS) is 17.5. The Morgan fingerprint density at radius 3 is 2.71 bits per heavy atom. The van der Waals surface area contributed by atoms with Crippen LogP contribution in [0.15, 0.2) is 0 Å². The Bertz CT molecular complexity index is 369. The zero-order valence-corrected chi connectivity index (χ0v) is 11.3. The van der Waals surface area contributed by atoms with Gasteiger partial charge in [0.2, 0.25) is 0 Å². The van der Waals surface area contributed by atoms with Crippen molar-refractivity contribution in [3.05, 3.63) is 11.5 Å². The van der Waals surface area contributed by atoms with Gasteiger partial charge in [0, 0.05) is 12.3 Å². The molecule has 0 aromatic carbocycles. The average molecular weight is 254 g/mol. The quantitative estimate of drug-likeness (QED) is 0.808. The minimum atomic E-state index is 0.513. The van der Waals surface area contributed by atoms with Crippen LogP contribution in [0.2, 0.25) is 0 Å². The molecule has 0 saturated heterocycles. The first-order chi connectivity index (χ1) is 8.24. The molecule has 0 radical (unpaired) electrons. The van der Waals surface area contributed by atoms with Crippen molar-refractivity contribution >= 4 is 17.6 Å². The minimum absolute atomic E-state index is 0.513. The van der Waals surface area contributed by atoms with Crippen LogP contribution in [0.5, 0.6) is 0 Å². The zero-order valence-electron chi connectivity index (χ0n) is 10.5. The van der Waals surface area contributed by atoms with Gasteiger partial charge in [-0.2, -0.15) is 11.8 Å². The van der Waals surface area contributed by atoms with E-state index in [-0.39, 0.29) is 0 Å². The molecule has 1 heterocycles. The summed E-state index contributed by atoms with van der Waals surface area (Å²) in [5.41, 5.74) is 6.99. The van der Waals surface area contributed by atoms with Gasteiger partial charge in [-0.05, 0) is 24.9 Å². The molecule has 4 N–H and O–H groups in total. The van der Waals surface area contributed by atoms with E-state index in [1.807, 2.05) is 11.8 Å². The molecule has 1 aliphatic rings. The first-order valence-electron chi connectivity index (χ1n) is 6.35. The number of anilines is 1. The molecule has 1 aromatic heterocycles. The Morgan fingerprint density at radius 1 is 1.35 bits per heavy atom. The fourth-order valence-corrected chi connectivity index (χ4v) is 2.94. The number of nitrogens with two attached hydrogens (primary N) is 2. The van der Waals surface area contributed by atoms with Gasteiger partial charge in [-0.3, -0.25) is 0 Å². The molecule has 5 heteroatoms. The van der Waals surface area contributed by atoms with E-state index >= 15 is 0 Å². The molecule has 0 atom stereocenters. The molecule has 2 rings (SSSR count). The van der Waals surface area contributed by atoms with E-state index in [1.54, 1.807) is 4.68 Å². The highest BCUT2D eigenvalue weighted by Crippen LogP contribution is 2.32. The summed E-state index contributed by atoms with van der Waals surface area (Å²) in [5, 5.41) is 0. The van der Waals surface area contributed by atoms with Gasteiger partial charge in [-0.1, -0.05) is 19.3 Å². The maximum Gasteiger partial charge on any atom is 0.146 e. The van der Waals surface area contributed by atoms with Crippen LogP contribution >= 0.6 is 11.8 Å². The number of hydrogen-bond acceptors (Lipinski definition) is 4. The van der Waals surface area contributed by atoms with Crippen LogP contribution in [-0.4, -0.2) is 21.7 Å². The standard InChI is InChI=1S/C12H22N4S/c1-17-8-7-10-11(13)16(14)12(15-10)9-5-3-2-4-6-9/h9H,2-8,13-14H2,1H3. The van der Waals surface area contributed by atoms with Crippen molar-refractivity contribution in [2.45, 2.75) is 44.4 Å². The van der Waals surface area contributed by atoms with E-state index in [4.69, 9.17) is 11.6 Å². The topological polar surface area (TPSA) is 69.9 Å². The molecular formula is C12H22N4S. The fraction of sp³-hybridized carbons (Fsp3) is 0.750. The number of aryl methyl sites for hydroxylation is 1. The molecule has 0 spiro atoms. The number of rotatable bonds is 4. The SMILES string of the molecule is CSCCc1nc(C2CCCCC2)n(N)c1N. The lowest BCUT2D eigenvalue weighted by atomic mass is 9.89. The summed E-state index contributed by atoms with van der Waals surface area (Å²) in [4.78, 5) is 4.67. The van der Waals surface area contributed by atoms with Gasteiger partial charge in [0.15, 0.2) is 0 Å². The van der Waals surface area contributed by atoms with Crippen LogP contribution in [0.3, 0.4) is 0 Å². The first-order valence-corrected chi connectivity index (χ1v) is 7.74. The number of hydrogen-bond donors (Lipinski definition) is 2. The highest BCUT2D eigenvalue weighted by atomic mass is 32.2. The van der Waals surface area contributed by atoms with E-state index in [0.29, 0.717) is 11.7 Å². The summed E-state index contributed by atoms with van der Waals surface area (Å²) in [5.74, 6) is 9.24. The molecule has 0 amide bonds. The highest BCUT2D eigenvalue weighted by molar-refractivity contribution is 7.98. The van der Waals surface area contributed by atoms with Crippen molar-refractivity contribution in [1.82, 2.24) is 9.66 Å².